The molecule has 0 aliphatic carbocycles. The van der Waals surface area contributed by atoms with E-state index in [0.29, 0.717) is 0 Å². The van der Waals surface area contributed by atoms with Gasteiger partial charge in [0.05, 0.1) is 0 Å². The Morgan fingerprint density at radius 1 is 0.488 bits per heavy atom. The molecular weight excluding hydrogens is 613 g/mol. The Morgan fingerprint density at radius 2 is 0.854 bits per heavy atom. The van der Waals surface area contributed by atoms with Crippen molar-refractivity contribution in [3.05, 3.63) is 133 Å². The van der Waals surface area contributed by atoms with Gasteiger partial charge >= 0.3 is 21.7 Å². The number of rotatable bonds is 6. The first-order valence-corrected chi connectivity index (χ1v) is 16.3. The summed E-state index contributed by atoms with van der Waals surface area (Å²) in [5.74, 6) is 0. The largest absolute Gasteiger partial charge is 4.00 e. The van der Waals surface area contributed by atoms with Crippen LogP contribution in [0.15, 0.2) is 133 Å². The Balaban J connectivity index is 0.000000279. The van der Waals surface area contributed by atoms with Crippen LogP contribution >= 0.6 is 15.8 Å². The van der Waals surface area contributed by atoms with Gasteiger partial charge in [0.15, 0.2) is 0 Å². The zero-order valence-corrected chi connectivity index (χ0v) is 28.9. The van der Waals surface area contributed by atoms with Crippen LogP contribution in [0.1, 0.15) is 27.7 Å². The number of fused-ring (bicyclic) bond motifs is 2. The van der Waals surface area contributed by atoms with Gasteiger partial charge in [-0.05, 0) is 29.8 Å². The van der Waals surface area contributed by atoms with E-state index in [0.717, 1.165) is 11.3 Å². The van der Waals surface area contributed by atoms with E-state index in [2.05, 4.69) is 161 Å². The second kappa shape index (κ2) is 16.8. The maximum Gasteiger partial charge on any atom is 4.00 e. The van der Waals surface area contributed by atoms with Crippen molar-refractivity contribution in [2.75, 3.05) is 0 Å². The maximum atomic E-state index is 2.39. The molecule has 0 unspecified atom stereocenters. The molecule has 0 fully saturated rings. The fraction of sp³-hybridized carbons (Fsp3) is 0.167. The van der Waals surface area contributed by atoms with Crippen molar-refractivity contribution in [2.24, 2.45) is 0 Å². The topological polar surface area (TPSA) is 0 Å². The number of hydrogen-bond donors (Lipinski definition) is 0. The van der Waals surface area contributed by atoms with Gasteiger partial charge in [-0.2, -0.15) is 12.1 Å². The van der Waals surface area contributed by atoms with Crippen molar-refractivity contribution in [1.29, 1.82) is 0 Å². The monoisotopic (exact) mass is 648 g/mol. The Morgan fingerprint density at radius 3 is 1.27 bits per heavy atom. The molecule has 6 aromatic rings. The van der Waals surface area contributed by atoms with E-state index in [-0.39, 0.29) is 54.5 Å². The minimum Gasteiger partial charge on any atom is -1.00 e. The molecule has 0 saturated heterocycles. The third-order valence-corrected chi connectivity index (χ3v) is 12.4. The molecular formula is C36H36Cl2P2Ti. The summed E-state index contributed by atoms with van der Waals surface area (Å²) in [6.45, 7) is 9.40. The van der Waals surface area contributed by atoms with Gasteiger partial charge in [0.2, 0.25) is 0 Å². The van der Waals surface area contributed by atoms with Gasteiger partial charge in [-0.1, -0.05) is 108 Å². The van der Waals surface area contributed by atoms with Crippen LogP contribution in [0, 0.1) is 0 Å². The van der Waals surface area contributed by atoms with Crippen molar-refractivity contribution in [1.82, 2.24) is 0 Å². The summed E-state index contributed by atoms with van der Waals surface area (Å²) in [6, 6.07) is 48.5. The van der Waals surface area contributed by atoms with Crippen molar-refractivity contribution < 1.29 is 46.5 Å². The van der Waals surface area contributed by atoms with E-state index in [1.54, 1.807) is 5.30 Å². The Bertz CT molecular complexity index is 1480. The summed E-state index contributed by atoms with van der Waals surface area (Å²) in [4.78, 5) is 0. The van der Waals surface area contributed by atoms with Crippen LogP contribution < -0.4 is 46.0 Å². The van der Waals surface area contributed by atoms with Crippen LogP contribution in [-0.2, 0) is 21.7 Å². The quantitative estimate of drug-likeness (QED) is 0.148. The van der Waals surface area contributed by atoms with Crippen molar-refractivity contribution in [3.8, 4) is 0 Å². The predicted molar refractivity (Wildman–Crippen MR) is 175 cm³/mol. The minimum atomic E-state index is -0.493. The predicted octanol–water partition coefficient (Wildman–Crippen LogP) is 2.81. The third-order valence-electron chi connectivity index (χ3n) is 6.90. The van der Waals surface area contributed by atoms with Crippen molar-refractivity contribution in [3.63, 3.8) is 0 Å². The molecule has 0 heterocycles. The van der Waals surface area contributed by atoms with Gasteiger partial charge in [-0.3, -0.25) is 0 Å². The normalized spacial score (nSPS) is 10.7. The Labute approximate surface area is 275 Å². The molecule has 0 atom stereocenters. The summed E-state index contributed by atoms with van der Waals surface area (Å²) < 4.78 is 0. The van der Waals surface area contributed by atoms with Crippen LogP contribution in [0.4, 0.5) is 0 Å². The van der Waals surface area contributed by atoms with Gasteiger partial charge in [-0.25, -0.2) is 0 Å². The van der Waals surface area contributed by atoms with Gasteiger partial charge < -0.3 is 24.8 Å². The summed E-state index contributed by atoms with van der Waals surface area (Å²) in [6.07, 6.45) is 0. The zero-order chi connectivity index (χ0) is 26.5. The van der Waals surface area contributed by atoms with Gasteiger partial charge in [0.25, 0.3) is 0 Å². The van der Waals surface area contributed by atoms with Gasteiger partial charge in [0, 0.05) is 0 Å². The third kappa shape index (κ3) is 8.65. The van der Waals surface area contributed by atoms with Crippen molar-refractivity contribution in [2.45, 2.75) is 39.0 Å². The smallest absolute Gasteiger partial charge is 1.00 e. The first-order chi connectivity index (χ1) is 18.5. The van der Waals surface area contributed by atoms with Crippen LogP contribution in [-0.4, -0.2) is 11.3 Å². The molecule has 0 bridgehead atoms. The molecule has 0 nitrogen and oxygen atoms in total. The average Bonchev–Trinajstić information content (AvgIpc) is 3.54. The standard InChI is InChI=1S/C21H16P.C15H20P.2ClH.Ti/c1-3-11-19(12-4-1)22(20-13-5-2-6-14-20)21-15-17-9-7-8-10-18(17)16-21;1-11(2)16(12(3)4)15-9-13-7-5-6-8-14(13)10-15;;;/h1-16H;5-12H,1-4H3;2*1H;/q2*-1;;;+4/p-2. The molecule has 208 valence electrons. The number of halogens is 2. The van der Waals surface area contributed by atoms with Crippen LogP contribution in [0.5, 0.6) is 0 Å². The molecule has 5 heteroatoms. The average molecular weight is 649 g/mol. The first kappa shape index (κ1) is 35.5. The zero-order valence-electron chi connectivity index (χ0n) is 24.0. The van der Waals surface area contributed by atoms with E-state index < -0.39 is 7.92 Å². The van der Waals surface area contributed by atoms with Crippen LogP contribution in [0.3, 0.4) is 0 Å². The van der Waals surface area contributed by atoms with Gasteiger partial charge in [0.1, 0.15) is 0 Å². The second-order valence-corrected chi connectivity index (χ2v) is 15.9. The number of benzene rings is 4. The molecule has 0 radical (unpaired) electrons. The first-order valence-electron chi connectivity index (χ1n) is 13.5. The van der Waals surface area contributed by atoms with E-state index in [1.807, 2.05) is 0 Å². The fourth-order valence-electron chi connectivity index (χ4n) is 5.34. The van der Waals surface area contributed by atoms with Gasteiger partial charge in [-0.15, -0.1) is 80.7 Å². The summed E-state index contributed by atoms with van der Waals surface area (Å²) in [5, 5.41) is 11.2. The van der Waals surface area contributed by atoms with E-state index in [9.17, 15) is 0 Å². The van der Waals surface area contributed by atoms with Crippen molar-refractivity contribution >= 4 is 58.6 Å². The number of hydrogen-bond acceptors (Lipinski definition) is 0. The molecule has 0 amide bonds. The maximum absolute atomic E-state index is 2.39. The molecule has 0 spiro atoms. The summed E-state index contributed by atoms with van der Waals surface area (Å²) in [7, 11) is -0.513. The van der Waals surface area contributed by atoms with Crippen LogP contribution in [0.25, 0.3) is 21.5 Å². The summed E-state index contributed by atoms with van der Waals surface area (Å²) in [5.41, 5.74) is 1.54. The van der Waals surface area contributed by atoms with Crippen LogP contribution in [0.2, 0.25) is 0 Å². The fourth-order valence-corrected chi connectivity index (χ4v) is 10.7. The van der Waals surface area contributed by atoms with E-state index >= 15 is 0 Å². The summed E-state index contributed by atoms with van der Waals surface area (Å²) >= 11 is 0. The van der Waals surface area contributed by atoms with E-state index in [4.69, 9.17) is 0 Å². The second-order valence-electron chi connectivity index (χ2n) is 10.3. The SMILES string of the molecule is CC(C)P(c1cc2ccccc2[cH-]1)C(C)C.[Cl-].[Cl-].[Ti+4].c1ccc(P(c2ccccc2)c2cc3ccccc3[cH-]2)cc1. The molecule has 0 aromatic heterocycles. The molecule has 0 N–H and O–H groups in total. The molecule has 0 aliphatic heterocycles. The molecule has 6 rings (SSSR count). The molecule has 41 heavy (non-hydrogen) atoms. The minimum absolute atomic E-state index is 0. The molecule has 0 saturated carbocycles. The molecule has 6 aromatic carbocycles. The molecule has 0 aliphatic rings. The Hall–Kier alpha value is -1.75. The Kier molecular flexibility index (Phi) is 14.5. The van der Waals surface area contributed by atoms with E-state index in [1.165, 1.54) is 37.5 Å².